The average molecular weight is 270 g/mol. The van der Waals surface area contributed by atoms with Crippen LogP contribution in [0.5, 0.6) is 5.88 Å². The highest BCUT2D eigenvalue weighted by Crippen LogP contribution is 2.19. The lowest BCUT2D eigenvalue weighted by Crippen LogP contribution is -1.92. The van der Waals surface area contributed by atoms with Crippen molar-refractivity contribution >= 4 is 34.2 Å². The minimum Gasteiger partial charge on any atom is -0.480 e. The van der Waals surface area contributed by atoms with Gasteiger partial charge in [0.05, 0.1) is 13.3 Å². The van der Waals surface area contributed by atoms with Crippen molar-refractivity contribution in [3.05, 3.63) is 15.1 Å². The number of aromatic nitrogens is 2. The van der Waals surface area contributed by atoms with Crippen LogP contribution in [0.2, 0.25) is 5.02 Å². The molecule has 0 aromatic carbocycles. The molecule has 3 nitrogen and oxygen atoms in total. The van der Waals surface area contributed by atoms with Crippen LogP contribution in [0.25, 0.3) is 0 Å². The van der Waals surface area contributed by atoms with Gasteiger partial charge in [0.2, 0.25) is 5.88 Å². The Kier molecular flexibility index (Phi) is 2.67. The van der Waals surface area contributed by atoms with E-state index in [0.717, 1.165) is 0 Å². The molecule has 1 aromatic rings. The number of nitrogens with zero attached hydrogens (tertiary/aromatic N) is 2. The molecule has 0 amide bonds. The molecular formula is C5H4ClIN2O. The zero-order valence-corrected chi connectivity index (χ0v) is 8.05. The average Bonchev–Trinajstić information content (AvgIpc) is 1.94. The lowest BCUT2D eigenvalue weighted by atomic mass is 10.6. The van der Waals surface area contributed by atoms with Crippen LogP contribution < -0.4 is 4.74 Å². The summed E-state index contributed by atoms with van der Waals surface area (Å²) in [6.07, 6.45) is 1.51. The van der Waals surface area contributed by atoms with Gasteiger partial charge in [-0.1, -0.05) is 11.6 Å². The Hall–Kier alpha value is -0.100. The topological polar surface area (TPSA) is 35.0 Å². The monoisotopic (exact) mass is 270 g/mol. The second-order valence-electron chi connectivity index (χ2n) is 1.50. The van der Waals surface area contributed by atoms with Gasteiger partial charge in [0.15, 0.2) is 3.83 Å². The van der Waals surface area contributed by atoms with Gasteiger partial charge in [-0.2, -0.15) is 4.98 Å². The van der Waals surface area contributed by atoms with Crippen molar-refractivity contribution in [2.24, 2.45) is 0 Å². The highest BCUT2D eigenvalue weighted by Gasteiger charge is 2.01. The van der Waals surface area contributed by atoms with Crippen molar-refractivity contribution in [1.82, 2.24) is 9.97 Å². The lowest BCUT2D eigenvalue weighted by molar-refractivity contribution is 0.396. The molecule has 0 fully saturated rings. The fourth-order valence-corrected chi connectivity index (χ4v) is 1.00. The largest absolute Gasteiger partial charge is 0.480 e. The van der Waals surface area contributed by atoms with Gasteiger partial charge >= 0.3 is 0 Å². The molecule has 0 spiro atoms. The van der Waals surface area contributed by atoms with E-state index in [-0.39, 0.29) is 0 Å². The zero-order valence-electron chi connectivity index (χ0n) is 5.14. The van der Waals surface area contributed by atoms with Gasteiger partial charge < -0.3 is 4.74 Å². The smallest absolute Gasteiger partial charge is 0.236 e. The molecule has 0 atom stereocenters. The van der Waals surface area contributed by atoms with Gasteiger partial charge in [0, 0.05) is 22.6 Å². The lowest BCUT2D eigenvalue weighted by Gasteiger charge is -1.98. The molecule has 0 N–H and O–H groups in total. The van der Waals surface area contributed by atoms with E-state index in [2.05, 4.69) is 9.97 Å². The number of methoxy groups -OCH3 is 1. The summed E-state index contributed by atoms with van der Waals surface area (Å²) in [7, 11) is 1.52. The molecule has 10 heavy (non-hydrogen) atoms. The fourth-order valence-electron chi connectivity index (χ4n) is 0.474. The van der Waals surface area contributed by atoms with E-state index in [9.17, 15) is 0 Å². The quantitative estimate of drug-likeness (QED) is 0.576. The number of hydrogen-bond donors (Lipinski definition) is 0. The molecular weight excluding hydrogens is 266 g/mol. The van der Waals surface area contributed by atoms with Crippen molar-refractivity contribution < 1.29 is 4.74 Å². The molecule has 0 aliphatic heterocycles. The van der Waals surface area contributed by atoms with Crippen molar-refractivity contribution in [3.63, 3.8) is 0 Å². The highest BCUT2D eigenvalue weighted by atomic mass is 127. The first-order valence-electron chi connectivity index (χ1n) is 2.46. The second kappa shape index (κ2) is 3.34. The second-order valence-corrected chi connectivity index (χ2v) is 2.87. The van der Waals surface area contributed by atoms with Gasteiger partial charge in [0.1, 0.15) is 5.02 Å². The molecule has 1 rings (SSSR count). The standard InChI is InChI=1S/C5H4ClIN2O/c1-10-4-3(6)2-8-5(7)9-4/h2H,1H3. The molecule has 0 saturated heterocycles. The van der Waals surface area contributed by atoms with Crippen LogP contribution in [0, 0.1) is 3.83 Å². The van der Waals surface area contributed by atoms with Crippen LogP contribution in [0.1, 0.15) is 0 Å². The molecule has 0 unspecified atom stereocenters. The van der Waals surface area contributed by atoms with Crippen LogP contribution in [-0.4, -0.2) is 17.1 Å². The van der Waals surface area contributed by atoms with Crippen LogP contribution >= 0.6 is 34.2 Å². The van der Waals surface area contributed by atoms with Gasteiger partial charge in [0.25, 0.3) is 0 Å². The molecule has 5 heteroatoms. The van der Waals surface area contributed by atoms with E-state index in [4.69, 9.17) is 16.3 Å². The molecule has 0 aliphatic rings. The van der Waals surface area contributed by atoms with Crippen molar-refractivity contribution in [1.29, 1.82) is 0 Å². The van der Waals surface area contributed by atoms with Crippen molar-refractivity contribution in [3.8, 4) is 5.88 Å². The first-order chi connectivity index (χ1) is 4.74. The Morgan fingerprint density at radius 1 is 1.70 bits per heavy atom. The van der Waals surface area contributed by atoms with Gasteiger partial charge in [-0.15, -0.1) is 0 Å². The third kappa shape index (κ3) is 1.69. The molecule has 1 heterocycles. The summed E-state index contributed by atoms with van der Waals surface area (Å²) in [5, 5.41) is 0.433. The Labute approximate surface area is 76.9 Å². The third-order valence-corrected chi connectivity index (χ3v) is 1.65. The van der Waals surface area contributed by atoms with E-state index < -0.39 is 0 Å². The summed E-state index contributed by atoms with van der Waals surface area (Å²) < 4.78 is 5.46. The first kappa shape index (κ1) is 8.00. The van der Waals surface area contributed by atoms with E-state index in [0.29, 0.717) is 14.7 Å². The SMILES string of the molecule is COc1nc(I)ncc1Cl. The normalized spacial score (nSPS) is 9.50. The molecule has 0 aliphatic carbocycles. The number of rotatable bonds is 1. The number of hydrogen-bond acceptors (Lipinski definition) is 3. The Balaban J connectivity index is 3.09. The van der Waals surface area contributed by atoms with Crippen LogP contribution in [0.3, 0.4) is 0 Å². The van der Waals surface area contributed by atoms with E-state index in [1.807, 2.05) is 22.6 Å². The summed E-state index contributed by atoms with van der Waals surface area (Å²) in [5.74, 6) is 0.418. The highest BCUT2D eigenvalue weighted by molar-refractivity contribution is 14.1. The predicted octanol–water partition coefficient (Wildman–Crippen LogP) is 1.74. The van der Waals surface area contributed by atoms with Crippen molar-refractivity contribution in [2.75, 3.05) is 7.11 Å². The summed E-state index contributed by atoms with van der Waals surface area (Å²) in [4.78, 5) is 7.76. The minimum absolute atomic E-state index is 0.418. The van der Waals surface area contributed by atoms with Crippen LogP contribution in [0.15, 0.2) is 6.20 Å². The Morgan fingerprint density at radius 2 is 2.40 bits per heavy atom. The summed E-state index contributed by atoms with van der Waals surface area (Å²) in [6.45, 7) is 0. The van der Waals surface area contributed by atoms with E-state index >= 15 is 0 Å². The van der Waals surface area contributed by atoms with Crippen LogP contribution in [0.4, 0.5) is 0 Å². The van der Waals surface area contributed by atoms with Crippen molar-refractivity contribution in [2.45, 2.75) is 0 Å². The van der Waals surface area contributed by atoms with Gasteiger partial charge in [-0.05, 0) is 0 Å². The van der Waals surface area contributed by atoms with Crippen LogP contribution in [-0.2, 0) is 0 Å². The maximum absolute atomic E-state index is 5.64. The summed E-state index contributed by atoms with van der Waals surface area (Å²) in [6, 6.07) is 0. The molecule has 54 valence electrons. The Morgan fingerprint density at radius 3 is 2.90 bits per heavy atom. The molecule has 0 radical (unpaired) electrons. The number of halogens is 2. The molecule has 0 saturated carbocycles. The maximum atomic E-state index is 5.64. The maximum Gasteiger partial charge on any atom is 0.236 e. The zero-order chi connectivity index (χ0) is 7.56. The van der Waals surface area contributed by atoms with Gasteiger partial charge in [-0.25, -0.2) is 4.98 Å². The fraction of sp³-hybridized carbons (Fsp3) is 0.200. The minimum atomic E-state index is 0.418. The van der Waals surface area contributed by atoms with E-state index in [1.165, 1.54) is 13.3 Å². The van der Waals surface area contributed by atoms with Gasteiger partial charge in [-0.3, -0.25) is 0 Å². The predicted molar refractivity (Wildman–Crippen MR) is 46.3 cm³/mol. The van der Waals surface area contributed by atoms with E-state index in [1.54, 1.807) is 0 Å². The number of ether oxygens (including phenoxy) is 1. The first-order valence-corrected chi connectivity index (χ1v) is 3.91. The third-order valence-electron chi connectivity index (χ3n) is 0.876. The summed E-state index contributed by atoms with van der Waals surface area (Å²) >= 11 is 7.63. The summed E-state index contributed by atoms with van der Waals surface area (Å²) in [5.41, 5.74) is 0. The molecule has 1 aromatic heterocycles. The molecule has 0 bridgehead atoms. The Bertz CT molecular complexity index is 243.